The Morgan fingerprint density at radius 3 is 2.67 bits per heavy atom. The minimum absolute atomic E-state index is 0.0194. The summed E-state index contributed by atoms with van der Waals surface area (Å²) in [6, 6.07) is 0. The van der Waals surface area contributed by atoms with Gasteiger partial charge in [-0.3, -0.25) is 9.36 Å². The van der Waals surface area contributed by atoms with Gasteiger partial charge in [0.1, 0.15) is 10.1 Å². The second kappa shape index (κ2) is 4.58. The van der Waals surface area contributed by atoms with E-state index in [0.29, 0.717) is 3.79 Å². The van der Waals surface area contributed by atoms with Crippen LogP contribution in [0.1, 0.15) is 10.5 Å². The Kier molecular flexibility index (Phi) is 3.85. The van der Waals surface area contributed by atoms with Crippen molar-refractivity contribution in [2.45, 2.75) is 0 Å². The van der Waals surface area contributed by atoms with Crippen LogP contribution in [0.15, 0.2) is 3.79 Å². The molecule has 1 aromatic rings. The molecule has 84 valence electrons. The van der Waals surface area contributed by atoms with Crippen LogP contribution in [0.2, 0.25) is 0 Å². The molecule has 0 bridgehead atoms. The van der Waals surface area contributed by atoms with Crippen LogP contribution in [-0.2, 0) is 4.57 Å². The van der Waals surface area contributed by atoms with Crippen molar-refractivity contribution in [2.75, 3.05) is 12.0 Å². The molecule has 0 unspecified atom stereocenters. The maximum atomic E-state index is 11.3. The lowest BCUT2D eigenvalue weighted by Gasteiger charge is -2.04. The largest absolute Gasteiger partial charge is 0.375 e. The van der Waals surface area contributed by atoms with E-state index in [1.165, 1.54) is 0 Å². The molecule has 0 aliphatic heterocycles. The SMILES string of the molecule is Nc1nc(C(=O)NCP(=O)(O)O)c(Br)s1. The van der Waals surface area contributed by atoms with Crippen molar-refractivity contribution < 1.29 is 19.1 Å². The highest BCUT2D eigenvalue weighted by molar-refractivity contribution is 9.11. The molecule has 0 spiro atoms. The molecule has 0 aliphatic rings. The van der Waals surface area contributed by atoms with Crippen LogP contribution >= 0.6 is 34.9 Å². The number of aromatic nitrogens is 1. The Morgan fingerprint density at radius 1 is 1.67 bits per heavy atom. The maximum Gasteiger partial charge on any atom is 0.344 e. The summed E-state index contributed by atoms with van der Waals surface area (Å²) >= 11 is 4.12. The van der Waals surface area contributed by atoms with Crippen molar-refractivity contribution in [3.8, 4) is 0 Å². The lowest BCUT2D eigenvalue weighted by atomic mass is 10.5. The first-order chi connectivity index (χ1) is 6.79. The Hall–Kier alpha value is -0.470. The van der Waals surface area contributed by atoms with Crippen LogP contribution in [-0.4, -0.2) is 27.0 Å². The molecule has 0 saturated carbocycles. The average Bonchev–Trinajstić information content (AvgIpc) is 2.40. The normalized spacial score (nSPS) is 11.4. The molecule has 7 nitrogen and oxygen atoms in total. The molecular weight excluding hydrogens is 309 g/mol. The van der Waals surface area contributed by atoms with Crippen molar-refractivity contribution in [3.05, 3.63) is 9.48 Å². The monoisotopic (exact) mass is 315 g/mol. The summed E-state index contributed by atoms with van der Waals surface area (Å²) in [6.45, 7) is 0. The van der Waals surface area contributed by atoms with E-state index in [9.17, 15) is 9.36 Å². The number of carbonyl (C=O) groups excluding carboxylic acids is 1. The van der Waals surface area contributed by atoms with E-state index in [-0.39, 0.29) is 10.8 Å². The fourth-order valence-corrected chi connectivity index (χ4v) is 2.39. The van der Waals surface area contributed by atoms with Crippen molar-refractivity contribution >= 4 is 45.9 Å². The summed E-state index contributed by atoms with van der Waals surface area (Å²) in [5.41, 5.74) is 5.36. The molecular formula is C5H7BrN3O4PS. The zero-order valence-corrected chi connectivity index (χ0v) is 10.5. The first-order valence-corrected chi connectivity index (χ1v) is 6.95. The Morgan fingerprint density at radius 2 is 2.27 bits per heavy atom. The number of rotatable bonds is 3. The fraction of sp³-hybridized carbons (Fsp3) is 0.200. The summed E-state index contributed by atoms with van der Waals surface area (Å²) in [5, 5.41) is 2.25. The third kappa shape index (κ3) is 3.88. The van der Waals surface area contributed by atoms with Gasteiger partial charge < -0.3 is 20.8 Å². The van der Waals surface area contributed by atoms with Gasteiger partial charge in [0.15, 0.2) is 10.8 Å². The lowest BCUT2D eigenvalue weighted by Crippen LogP contribution is -2.25. The Bertz CT molecular complexity index is 430. The zero-order chi connectivity index (χ0) is 11.6. The number of carbonyl (C=O) groups is 1. The first kappa shape index (κ1) is 12.6. The van der Waals surface area contributed by atoms with Crippen LogP contribution in [0.25, 0.3) is 0 Å². The lowest BCUT2D eigenvalue weighted by molar-refractivity contribution is 0.0952. The van der Waals surface area contributed by atoms with Gasteiger partial charge in [-0.1, -0.05) is 11.3 Å². The second-order valence-corrected chi connectivity index (χ2v) is 6.50. The van der Waals surface area contributed by atoms with E-state index in [1.54, 1.807) is 0 Å². The number of thiazole rings is 1. The molecule has 0 aliphatic carbocycles. The number of nitrogens with two attached hydrogens (primary N) is 1. The molecule has 0 fully saturated rings. The van der Waals surface area contributed by atoms with Gasteiger partial charge in [0.2, 0.25) is 0 Å². The Labute approximate surface area is 97.0 Å². The van der Waals surface area contributed by atoms with E-state index in [0.717, 1.165) is 11.3 Å². The first-order valence-electron chi connectivity index (χ1n) is 3.54. The van der Waals surface area contributed by atoms with E-state index in [2.05, 4.69) is 20.9 Å². The minimum atomic E-state index is -4.25. The van der Waals surface area contributed by atoms with Crippen molar-refractivity contribution in [3.63, 3.8) is 0 Å². The molecule has 10 heteroatoms. The number of nitrogens with one attached hydrogen (secondary N) is 1. The number of halogens is 1. The van der Waals surface area contributed by atoms with Crippen LogP contribution in [0.5, 0.6) is 0 Å². The van der Waals surface area contributed by atoms with Gasteiger partial charge in [-0.15, -0.1) is 0 Å². The molecule has 1 heterocycles. The van der Waals surface area contributed by atoms with Gasteiger partial charge in [0, 0.05) is 0 Å². The Balaban J connectivity index is 2.70. The molecule has 1 amide bonds. The maximum absolute atomic E-state index is 11.3. The molecule has 0 radical (unpaired) electrons. The quantitative estimate of drug-likeness (QED) is 0.596. The standard InChI is InChI=1S/C5H7BrN3O4PS/c6-3-2(9-5(7)15-3)4(10)8-1-14(11,12)13/h1H2,(H2,7,9)(H,8,10)(H2,11,12,13). The van der Waals surface area contributed by atoms with Gasteiger partial charge in [-0.2, -0.15) is 0 Å². The third-order valence-electron chi connectivity index (χ3n) is 1.26. The molecule has 1 aromatic heterocycles. The van der Waals surface area contributed by atoms with Gasteiger partial charge in [0.05, 0.1) is 0 Å². The predicted octanol–water partition coefficient (Wildman–Crippen LogP) is 0.353. The number of anilines is 1. The number of nitrogens with zero attached hydrogens (tertiary/aromatic N) is 1. The van der Waals surface area contributed by atoms with E-state index in [1.807, 2.05) is 5.32 Å². The van der Waals surface area contributed by atoms with Gasteiger partial charge >= 0.3 is 7.60 Å². The summed E-state index contributed by atoms with van der Waals surface area (Å²) < 4.78 is 10.9. The van der Waals surface area contributed by atoms with E-state index < -0.39 is 19.8 Å². The van der Waals surface area contributed by atoms with E-state index in [4.69, 9.17) is 15.5 Å². The molecule has 1 rings (SSSR count). The van der Waals surface area contributed by atoms with Crippen LogP contribution in [0.3, 0.4) is 0 Å². The topological polar surface area (TPSA) is 126 Å². The molecule has 0 saturated heterocycles. The molecule has 5 N–H and O–H groups in total. The summed E-state index contributed by atoms with van der Waals surface area (Å²) in [4.78, 5) is 32.1. The smallest absolute Gasteiger partial charge is 0.344 e. The minimum Gasteiger partial charge on any atom is -0.375 e. The van der Waals surface area contributed by atoms with Crippen LogP contribution < -0.4 is 11.1 Å². The number of nitrogen functional groups attached to an aromatic ring is 1. The molecule has 0 atom stereocenters. The fourth-order valence-electron chi connectivity index (χ4n) is 0.716. The number of hydrogen-bond donors (Lipinski definition) is 4. The van der Waals surface area contributed by atoms with Crippen molar-refractivity contribution in [1.82, 2.24) is 10.3 Å². The number of amides is 1. The summed E-state index contributed by atoms with van der Waals surface area (Å²) in [6.07, 6.45) is -0.726. The van der Waals surface area contributed by atoms with Gasteiger partial charge in [0.25, 0.3) is 5.91 Å². The van der Waals surface area contributed by atoms with Gasteiger partial charge in [-0.25, -0.2) is 4.98 Å². The highest BCUT2D eigenvalue weighted by atomic mass is 79.9. The zero-order valence-electron chi connectivity index (χ0n) is 7.18. The highest BCUT2D eigenvalue weighted by Gasteiger charge is 2.19. The van der Waals surface area contributed by atoms with E-state index >= 15 is 0 Å². The average molecular weight is 316 g/mol. The highest BCUT2D eigenvalue weighted by Crippen LogP contribution is 2.32. The van der Waals surface area contributed by atoms with Crippen molar-refractivity contribution in [1.29, 1.82) is 0 Å². The van der Waals surface area contributed by atoms with Crippen LogP contribution in [0.4, 0.5) is 5.13 Å². The van der Waals surface area contributed by atoms with Crippen molar-refractivity contribution in [2.24, 2.45) is 0 Å². The molecule has 15 heavy (non-hydrogen) atoms. The predicted molar refractivity (Wildman–Crippen MR) is 58.6 cm³/mol. The van der Waals surface area contributed by atoms with Gasteiger partial charge in [-0.05, 0) is 15.9 Å². The second-order valence-electron chi connectivity index (χ2n) is 2.50. The summed E-state index contributed by atoms with van der Waals surface area (Å²) in [7, 11) is -4.25. The van der Waals surface area contributed by atoms with Crippen LogP contribution in [0, 0.1) is 0 Å². The number of hydrogen-bond acceptors (Lipinski definition) is 5. The summed E-state index contributed by atoms with van der Waals surface area (Å²) in [5.74, 6) is -0.682. The molecule has 0 aromatic carbocycles. The third-order valence-corrected chi connectivity index (χ3v) is 3.37.